The topological polar surface area (TPSA) is 39.6 Å². The number of anilines is 1. The average molecular weight is 267 g/mol. The number of hydrogen-bond donors (Lipinski definition) is 1. The van der Waals surface area contributed by atoms with Crippen LogP contribution in [0.15, 0.2) is 0 Å². The average Bonchev–Trinajstić information content (AvgIpc) is 3.16. The van der Waals surface area contributed by atoms with Crippen LogP contribution in [-0.4, -0.2) is 48.2 Å². The summed E-state index contributed by atoms with van der Waals surface area (Å²) >= 11 is 1.69. The summed E-state index contributed by atoms with van der Waals surface area (Å²) in [5.41, 5.74) is 1.18. The molecular weight excluding hydrogens is 246 g/mol. The number of aliphatic hydroxyl groups excluding tert-OH is 1. The molecule has 0 atom stereocenters. The summed E-state index contributed by atoms with van der Waals surface area (Å²) < 4.78 is 0. The lowest BCUT2D eigenvalue weighted by atomic mass is 10.2. The van der Waals surface area contributed by atoms with Crippen LogP contribution in [0.4, 0.5) is 5.13 Å². The minimum Gasteiger partial charge on any atom is -0.391 e. The molecule has 1 saturated carbocycles. The zero-order chi connectivity index (χ0) is 12.5. The molecule has 1 aromatic rings. The molecule has 3 rings (SSSR count). The van der Waals surface area contributed by atoms with Gasteiger partial charge in [-0.3, -0.25) is 0 Å². The number of hydrogen-bond acceptors (Lipinski definition) is 5. The van der Waals surface area contributed by atoms with E-state index in [1.54, 1.807) is 11.3 Å². The van der Waals surface area contributed by atoms with Gasteiger partial charge in [0.1, 0.15) is 0 Å². The van der Waals surface area contributed by atoms with Crippen LogP contribution in [0.1, 0.15) is 35.8 Å². The third kappa shape index (κ3) is 2.53. The molecule has 5 heteroatoms. The lowest BCUT2D eigenvalue weighted by Crippen LogP contribution is -2.28. The standard InChI is InChI=1S/C13H21N3OS/c1-15-5-2-6-16(8-7-15)13-14-12(10-3-4-10)11(9-17)18-13/h10,17H,2-9H2,1H3. The monoisotopic (exact) mass is 267 g/mol. The highest BCUT2D eigenvalue weighted by Crippen LogP contribution is 2.44. The summed E-state index contributed by atoms with van der Waals surface area (Å²) in [5, 5.41) is 10.6. The van der Waals surface area contributed by atoms with Crippen molar-refractivity contribution in [2.24, 2.45) is 0 Å². The van der Waals surface area contributed by atoms with Crippen LogP contribution in [-0.2, 0) is 6.61 Å². The van der Waals surface area contributed by atoms with Gasteiger partial charge in [0.25, 0.3) is 0 Å². The molecule has 4 nitrogen and oxygen atoms in total. The first kappa shape index (κ1) is 12.4. The Morgan fingerprint density at radius 3 is 2.83 bits per heavy atom. The highest BCUT2D eigenvalue weighted by atomic mass is 32.1. The van der Waals surface area contributed by atoms with E-state index in [0.717, 1.165) is 29.6 Å². The first-order valence-corrected chi connectivity index (χ1v) is 7.63. The van der Waals surface area contributed by atoms with Gasteiger partial charge in [-0.15, -0.1) is 0 Å². The van der Waals surface area contributed by atoms with Crippen LogP contribution in [0.25, 0.3) is 0 Å². The molecule has 0 radical (unpaired) electrons. The van der Waals surface area contributed by atoms with E-state index in [0.29, 0.717) is 5.92 Å². The van der Waals surface area contributed by atoms with E-state index < -0.39 is 0 Å². The fourth-order valence-corrected chi connectivity index (χ4v) is 3.57. The van der Waals surface area contributed by atoms with Crippen LogP contribution in [0.3, 0.4) is 0 Å². The lowest BCUT2D eigenvalue weighted by Gasteiger charge is -2.19. The predicted octanol–water partition coefficient (Wildman–Crippen LogP) is 1.65. The van der Waals surface area contributed by atoms with E-state index in [2.05, 4.69) is 16.8 Å². The fourth-order valence-electron chi connectivity index (χ4n) is 2.51. The van der Waals surface area contributed by atoms with Gasteiger partial charge >= 0.3 is 0 Å². The van der Waals surface area contributed by atoms with Crippen LogP contribution in [0.2, 0.25) is 0 Å². The Balaban J connectivity index is 1.78. The molecule has 18 heavy (non-hydrogen) atoms. The number of rotatable bonds is 3. The molecule has 0 unspecified atom stereocenters. The van der Waals surface area contributed by atoms with Crippen molar-refractivity contribution in [2.45, 2.75) is 31.8 Å². The molecule has 0 bridgehead atoms. The second-order valence-corrected chi connectivity index (χ2v) is 6.44. The molecule has 1 aromatic heterocycles. The molecule has 0 spiro atoms. The Labute approximate surface area is 112 Å². The van der Waals surface area contributed by atoms with Crippen molar-refractivity contribution in [3.05, 3.63) is 10.6 Å². The van der Waals surface area contributed by atoms with Gasteiger partial charge in [0.2, 0.25) is 0 Å². The molecule has 1 aliphatic heterocycles. The molecule has 2 fully saturated rings. The highest BCUT2D eigenvalue weighted by molar-refractivity contribution is 7.15. The Morgan fingerprint density at radius 1 is 1.28 bits per heavy atom. The van der Waals surface area contributed by atoms with Crippen molar-refractivity contribution in [2.75, 3.05) is 38.1 Å². The maximum atomic E-state index is 9.45. The molecule has 100 valence electrons. The van der Waals surface area contributed by atoms with E-state index in [-0.39, 0.29) is 6.61 Å². The molecule has 0 aromatic carbocycles. The molecule has 2 aliphatic rings. The Bertz CT molecular complexity index is 416. The maximum Gasteiger partial charge on any atom is 0.185 e. The molecule has 1 saturated heterocycles. The normalized spacial score (nSPS) is 22.2. The van der Waals surface area contributed by atoms with Crippen molar-refractivity contribution >= 4 is 16.5 Å². The summed E-state index contributed by atoms with van der Waals surface area (Å²) in [6.45, 7) is 4.57. The van der Waals surface area contributed by atoms with Crippen molar-refractivity contribution in [1.29, 1.82) is 0 Å². The van der Waals surface area contributed by atoms with E-state index >= 15 is 0 Å². The van der Waals surface area contributed by atoms with E-state index in [1.807, 2.05) is 0 Å². The first-order valence-electron chi connectivity index (χ1n) is 6.82. The third-order valence-electron chi connectivity index (χ3n) is 3.81. The summed E-state index contributed by atoms with van der Waals surface area (Å²) in [5.74, 6) is 0.631. The minimum absolute atomic E-state index is 0.150. The summed E-state index contributed by atoms with van der Waals surface area (Å²) in [6, 6.07) is 0. The second kappa shape index (κ2) is 5.15. The zero-order valence-electron chi connectivity index (χ0n) is 10.9. The number of nitrogens with zero attached hydrogens (tertiary/aromatic N) is 3. The van der Waals surface area contributed by atoms with Gasteiger partial charge in [-0.2, -0.15) is 0 Å². The lowest BCUT2D eigenvalue weighted by molar-refractivity contribution is 0.284. The van der Waals surface area contributed by atoms with E-state index in [9.17, 15) is 5.11 Å². The maximum absolute atomic E-state index is 9.45. The fraction of sp³-hybridized carbons (Fsp3) is 0.769. The van der Waals surface area contributed by atoms with Crippen molar-refractivity contribution in [3.63, 3.8) is 0 Å². The Morgan fingerprint density at radius 2 is 2.11 bits per heavy atom. The van der Waals surface area contributed by atoms with Gasteiger partial charge in [-0.1, -0.05) is 11.3 Å². The summed E-state index contributed by atoms with van der Waals surface area (Å²) in [7, 11) is 2.18. The van der Waals surface area contributed by atoms with Crippen molar-refractivity contribution in [3.8, 4) is 0 Å². The van der Waals surface area contributed by atoms with Gasteiger partial charge in [-0.05, 0) is 32.9 Å². The Hall–Kier alpha value is -0.650. The second-order valence-electron chi connectivity index (χ2n) is 5.38. The quantitative estimate of drug-likeness (QED) is 0.904. The molecule has 2 heterocycles. The smallest absolute Gasteiger partial charge is 0.185 e. The first-order chi connectivity index (χ1) is 8.78. The largest absolute Gasteiger partial charge is 0.391 e. The van der Waals surface area contributed by atoms with Crippen molar-refractivity contribution in [1.82, 2.24) is 9.88 Å². The summed E-state index contributed by atoms with van der Waals surface area (Å²) in [4.78, 5) is 10.7. The number of aromatic nitrogens is 1. The number of thiazole rings is 1. The van der Waals surface area contributed by atoms with E-state index in [4.69, 9.17) is 4.98 Å². The van der Waals surface area contributed by atoms with Crippen LogP contribution < -0.4 is 4.90 Å². The predicted molar refractivity (Wildman–Crippen MR) is 74.3 cm³/mol. The highest BCUT2D eigenvalue weighted by Gasteiger charge is 2.30. The number of aliphatic hydroxyl groups is 1. The summed E-state index contributed by atoms with van der Waals surface area (Å²) in [6.07, 6.45) is 3.70. The van der Waals surface area contributed by atoms with E-state index in [1.165, 1.54) is 31.5 Å². The molecule has 1 N–H and O–H groups in total. The van der Waals surface area contributed by atoms with Gasteiger partial charge in [0.05, 0.1) is 17.2 Å². The van der Waals surface area contributed by atoms with Crippen LogP contribution in [0, 0.1) is 0 Å². The molecular formula is C13H21N3OS. The van der Waals surface area contributed by atoms with Crippen LogP contribution >= 0.6 is 11.3 Å². The number of likely N-dealkylation sites (N-methyl/N-ethyl adjacent to an activating group) is 1. The molecule has 1 aliphatic carbocycles. The minimum atomic E-state index is 0.150. The van der Waals surface area contributed by atoms with Gasteiger partial charge in [0.15, 0.2) is 5.13 Å². The SMILES string of the molecule is CN1CCCN(c2nc(C3CC3)c(CO)s2)CC1. The third-order valence-corrected chi connectivity index (χ3v) is 4.93. The zero-order valence-corrected chi connectivity index (χ0v) is 11.7. The van der Waals surface area contributed by atoms with Crippen molar-refractivity contribution < 1.29 is 5.11 Å². The van der Waals surface area contributed by atoms with Gasteiger partial charge in [-0.25, -0.2) is 4.98 Å². The Kier molecular flexibility index (Phi) is 3.54. The van der Waals surface area contributed by atoms with Gasteiger partial charge < -0.3 is 14.9 Å². The van der Waals surface area contributed by atoms with Gasteiger partial charge in [0, 0.05) is 25.6 Å². The van der Waals surface area contributed by atoms with Crippen LogP contribution in [0.5, 0.6) is 0 Å². The molecule has 0 amide bonds.